The standard InChI is InChI=1S/C2H4F2N2.ClH/c3-1-2(5)6-4;/h1H2,(H2,5,6);1H. The third kappa shape index (κ3) is 5.62. The average Bonchev–Trinajstić information content (AvgIpc) is 1.65. The van der Waals surface area contributed by atoms with Crippen LogP contribution in [0.4, 0.5) is 8.87 Å². The zero-order valence-corrected chi connectivity index (χ0v) is 4.21. The van der Waals surface area contributed by atoms with Crippen molar-refractivity contribution in [1.82, 2.24) is 0 Å². The van der Waals surface area contributed by atoms with Crippen LogP contribution in [0.2, 0.25) is 0 Å². The third-order valence-corrected chi connectivity index (χ3v) is 0.245. The van der Waals surface area contributed by atoms with E-state index in [1.165, 1.54) is 0 Å². The van der Waals surface area contributed by atoms with Crippen molar-refractivity contribution in [2.75, 3.05) is 6.67 Å². The Morgan fingerprint density at radius 1 is 1.71 bits per heavy atom. The monoisotopic (exact) mass is 130 g/mol. The summed E-state index contributed by atoms with van der Waals surface area (Å²) in [5.41, 5.74) is 4.47. The Kier molecular flexibility index (Phi) is 7.86. The molecule has 0 rings (SSSR count). The molecule has 0 bridgehead atoms. The number of alkyl halides is 1. The summed E-state index contributed by atoms with van der Waals surface area (Å²) in [6.45, 7) is -1.02. The number of rotatable bonds is 1. The Hall–Kier alpha value is -0.380. The van der Waals surface area contributed by atoms with Crippen LogP contribution >= 0.6 is 12.4 Å². The predicted octanol–water partition coefficient (Wildman–Crippen LogP) is 0.619. The van der Waals surface area contributed by atoms with Crippen molar-refractivity contribution in [3.8, 4) is 0 Å². The van der Waals surface area contributed by atoms with Gasteiger partial charge in [-0.2, -0.15) is 0 Å². The van der Waals surface area contributed by atoms with E-state index in [0.29, 0.717) is 0 Å². The van der Waals surface area contributed by atoms with E-state index in [9.17, 15) is 8.87 Å². The van der Waals surface area contributed by atoms with Crippen LogP contribution < -0.4 is 5.73 Å². The molecule has 2 nitrogen and oxygen atoms in total. The minimum Gasteiger partial charge on any atom is -0.383 e. The fraction of sp³-hybridized carbons (Fsp3) is 0.500. The first-order valence-electron chi connectivity index (χ1n) is 1.30. The lowest BCUT2D eigenvalue weighted by Crippen LogP contribution is -2.11. The summed E-state index contributed by atoms with van der Waals surface area (Å²) in [5.74, 6) is -0.616. The number of nitrogens with two attached hydrogens (primary N) is 1. The van der Waals surface area contributed by atoms with Gasteiger partial charge in [-0.05, 0) is 0 Å². The van der Waals surface area contributed by atoms with Crippen molar-refractivity contribution in [2.45, 2.75) is 0 Å². The molecule has 44 valence electrons. The molecule has 0 heterocycles. The molecule has 0 spiro atoms. The first-order valence-corrected chi connectivity index (χ1v) is 1.30. The SMILES string of the molecule is Cl.NC(CF)=NF. The topological polar surface area (TPSA) is 38.4 Å². The predicted molar refractivity (Wildman–Crippen MR) is 26.0 cm³/mol. The summed E-state index contributed by atoms with van der Waals surface area (Å²) in [6, 6.07) is 0. The zero-order chi connectivity index (χ0) is 4.99. The number of hydrogen-bond acceptors (Lipinski definition) is 1. The molecule has 7 heavy (non-hydrogen) atoms. The van der Waals surface area contributed by atoms with Crippen molar-refractivity contribution >= 4 is 18.2 Å². The number of amidine groups is 1. The highest BCUT2D eigenvalue weighted by Crippen LogP contribution is 1.69. The molecule has 0 aromatic carbocycles. The smallest absolute Gasteiger partial charge is 0.164 e. The summed E-state index contributed by atoms with van der Waals surface area (Å²) in [5, 5.41) is 1.83. The van der Waals surface area contributed by atoms with Gasteiger partial charge in [-0.15, -0.1) is 12.4 Å². The molecule has 0 aromatic heterocycles. The summed E-state index contributed by atoms with van der Waals surface area (Å²) in [4.78, 5) is 0. The van der Waals surface area contributed by atoms with E-state index in [0.717, 1.165) is 0 Å². The van der Waals surface area contributed by atoms with Crippen molar-refractivity contribution < 1.29 is 8.87 Å². The summed E-state index contributed by atoms with van der Waals surface area (Å²) < 4.78 is 21.5. The van der Waals surface area contributed by atoms with Crippen LogP contribution in [0.5, 0.6) is 0 Å². The van der Waals surface area contributed by atoms with Crippen LogP contribution in [-0.4, -0.2) is 12.5 Å². The average molecular weight is 131 g/mol. The molecule has 0 aliphatic heterocycles. The van der Waals surface area contributed by atoms with Gasteiger partial charge in [0, 0.05) is 0 Å². The molecule has 5 heteroatoms. The van der Waals surface area contributed by atoms with Gasteiger partial charge in [-0.3, -0.25) is 0 Å². The molecule has 0 aliphatic rings. The maximum Gasteiger partial charge on any atom is 0.164 e. The maximum atomic E-state index is 10.9. The Morgan fingerprint density at radius 2 is 2.14 bits per heavy atom. The van der Waals surface area contributed by atoms with E-state index >= 15 is 0 Å². The van der Waals surface area contributed by atoms with Crippen LogP contribution in [0.15, 0.2) is 5.21 Å². The number of hydrogen-bond donors (Lipinski definition) is 1. The van der Waals surface area contributed by atoms with E-state index in [4.69, 9.17) is 0 Å². The van der Waals surface area contributed by atoms with E-state index in [-0.39, 0.29) is 12.4 Å². The Bertz CT molecular complexity index is 64.7. The van der Waals surface area contributed by atoms with E-state index in [1.807, 2.05) is 5.21 Å². The van der Waals surface area contributed by atoms with E-state index in [2.05, 4.69) is 5.73 Å². The van der Waals surface area contributed by atoms with Crippen LogP contribution in [0.1, 0.15) is 0 Å². The Labute approximate surface area is 45.8 Å². The van der Waals surface area contributed by atoms with Gasteiger partial charge in [0.1, 0.15) is 6.67 Å². The fourth-order valence-electron chi connectivity index (χ4n) is 0.0226. The van der Waals surface area contributed by atoms with Crippen LogP contribution in [0.25, 0.3) is 0 Å². The molecule has 0 atom stereocenters. The molecule has 0 unspecified atom stereocenters. The van der Waals surface area contributed by atoms with Crippen molar-refractivity contribution in [1.29, 1.82) is 0 Å². The molecule has 0 aromatic rings. The van der Waals surface area contributed by atoms with Gasteiger partial charge in [0.2, 0.25) is 0 Å². The van der Waals surface area contributed by atoms with Crippen molar-refractivity contribution in [2.24, 2.45) is 10.9 Å². The highest BCUT2D eigenvalue weighted by molar-refractivity contribution is 5.85. The summed E-state index contributed by atoms with van der Waals surface area (Å²) >= 11 is 0. The Balaban J connectivity index is 0. The second-order valence-corrected chi connectivity index (χ2v) is 0.709. The van der Waals surface area contributed by atoms with E-state index in [1.54, 1.807) is 0 Å². The lowest BCUT2D eigenvalue weighted by Gasteiger charge is -1.78. The molecule has 0 saturated heterocycles. The molecular weight excluding hydrogens is 125 g/mol. The lowest BCUT2D eigenvalue weighted by molar-refractivity contribution is 0.513. The van der Waals surface area contributed by atoms with Gasteiger partial charge in [0.25, 0.3) is 0 Å². The highest BCUT2D eigenvalue weighted by atomic mass is 35.5. The highest BCUT2D eigenvalue weighted by Gasteiger charge is 1.83. The molecule has 0 amide bonds. The maximum absolute atomic E-state index is 10.9. The fourth-order valence-corrected chi connectivity index (χ4v) is 0.0226. The molecule has 2 N–H and O–H groups in total. The second-order valence-electron chi connectivity index (χ2n) is 0.709. The van der Waals surface area contributed by atoms with Gasteiger partial charge in [-0.25, -0.2) is 4.39 Å². The molecular formula is C2H5ClF2N2. The second kappa shape index (κ2) is 5.62. The van der Waals surface area contributed by atoms with Crippen molar-refractivity contribution in [3.63, 3.8) is 0 Å². The lowest BCUT2D eigenvalue weighted by atomic mass is 10.7. The molecule has 0 fully saturated rings. The first kappa shape index (κ1) is 9.80. The quantitative estimate of drug-likeness (QED) is 0.410. The van der Waals surface area contributed by atoms with Gasteiger partial charge in [0.15, 0.2) is 5.84 Å². The largest absolute Gasteiger partial charge is 0.383 e. The van der Waals surface area contributed by atoms with E-state index < -0.39 is 12.5 Å². The number of halogens is 3. The van der Waals surface area contributed by atoms with Gasteiger partial charge in [-0.1, -0.05) is 9.70 Å². The normalized spacial score (nSPS) is 10.3. The number of nitrogens with zero attached hydrogens (tertiary/aromatic N) is 1. The van der Waals surface area contributed by atoms with Gasteiger partial charge in [0.05, 0.1) is 0 Å². The minimum atomic E-state index is -1.02. The summed E-state index contributed by atoms with van der Waals surface area (Å²) in [6.07, 6.45) is 0. The van der Waals surface area contributed by atoms with Crippen LogP contribution in [0.3, 0.4) is 0 Å². The van der Waals surface area contributed by atoms with Gasteiger partial charge < -0.3 is 5.73 Å². The molecule has 0 aliphatic carbocycles. The molecule has 0 saturated carbocycles. The summed E-state index contributed by atoms with van der Waals surface area (Å²) in [7, 11) is 0. The first-order chi connectivity index (χ1) is 2.81. The zero-order valence-electron chi connectivity index (χ0n) is 3.40. The third-order valence-electron chi connectivity index (χ3n) is 0.245. The van der Waals surface area contributed by atoms with Crippen LogP contribution in [0, 0.1) is 0 Å². The van der Waals surface area contributed by atoms with Crippen LogP contribution in [-0.2, 0) is 0 Å². The Morgan fingerprint density at radius 3 is 2.14 bits per heavy atom. The minimum absolute atomic E-state index is 0. The molecule has 0 radical (unpaired) electrons. The van der Waals surface area contributed by atoms with Crippen molar-refractivity contribution in [3.05, 3.63) is 0 Å². The van der Waals surface area contributed by atoms with Gasteiger partial charge >= 0.3 is 0 Å².